The smallest absolute Gasteiger partial charge is 0.354 e. The summed E-state index contributed by atoms with van der Waals surface area (Å²) < 4.78 is 38.2. The van der Waals surface area contributed by atoms with E-state index < -0.39 is 16.0 Å². The van der Waals surface area contributed by atoms with Gasteiger partial charge in [-0.2, -0.15) is 0 Å². The predicted octanol–water partition coefficient (Wildman–Crippen LogP) is 1.19. The first-order valence-electron chi connectivity index (χ1n) is 6.13. The molecule has 1 N–H and O–H groups in total. The molecule has 0 amide bonds. The molecule has 2 heterocycles. The van der Waals surface area contributed by atoms with Gasteiger partial charge < -0.3 is 13.7 Å². The summed E-state index contributed by atoms with van der Waals surface area (Å²) in [5, 5.41) is 0. The average molecular weight is 312 g/mol. The molecule has 2 rings (SSSR count). The summed E-state index contributed by atoms with van der Waals surface area (Å²) in [7, 11) is -0.901. The molecule has 0 fully saturated rings. The summed E-state index contributed by atoms with van der Waals surface area (Å²) in [5.41, 5.74) is 0.621. The zero-order valence-electron chi connectivity index (χ0n) is 11.9. The molecule has 0 bridgehead atoms. The van der Waals surface area contributed by atoms with Crippen LogP contribution in [-0.2, 0) is 28.4 Å². The van der Waals surface area contributed by atoms with Crippen molar-refractivity contribution in [2.45, 2.75) is 18.4 Å². The van der Waals surface area contributed by atoms with Crippen LogP contribution >= 0.6 is 0 Å². The molecular formula is C13H16N2O5S. The maximum absolute atomic E-state index is 12.3. The summed E-state index contributed by atoms with van der Waals surface area (Å²) in [6.07, 6.45) is 1.47. The van der Waals surface area contributed by atoms with E-state index in [0.717, 1.165) is 0 Å². The number of nitrogens with zero attached hydrogens (tertiary/aromatic N) is 1. The van der Waals surface area contributed by atoms with E-state index in [1.54, 1.807) is 26.1 Å². The molecule has 21 heavy (non-hydrogen) atoms. The third-order valence-electron chi connectivity index (χ3n) is 3.19. The lowest BCUT2D eigenvalue weighted by Crippen LogP contribution is -2.23. The Morgan fingerprint density at radius 1 is 1.48 bits per heavy atom. The molecule has 0 unspecified atom stereocenters. The van der Waals surface area contributed by atoms with Crippen LogP contribution < -0.4 is 4.72 Å². The van der Waals surface area contributed by atoms with Gasteiger partial charge in [-0.15, -0.1) is 0 Å². The van der Waals surface area contributed by atoms with E-state index in [-0.39, 0.29) is 17.1 Å². The Morgan fingerprint density at radius 2 is 2.19 bits per heavy atom. The fourth-order valence-corrected chi connectivity index (χ4v) is 3.18. The SMILES string of the molecule is COC(=O)c1cc(S(=O)(=O)NCc2ccco2)c(C)n1C. The quantitative estimate of drug-likeness (QED) is 0.838. The van der Waals surface area contributed by atoms with Crippen molar-refractivity contribution in [2.24, 2.45) is 7.05 Å². The Morgan fingerprint density at radius 3 is 2.76 bits per heavy atom. The van der Waals surface area contributed by atoms with E-state index in [1.807, 2.05) is 0 Å². The van der Waals surface area contributed by atoms with Gasteiger partial charge in [0.05, 0.1) is 19.9 Å². The first-order valence-corrected chi connectivity index (χ1v) is 7.62. The van der Waals surface area contributed by atoms with E-state index in [0.29, 0.717) is 11.5 Å². The van der Waals surface area contributed by atoms with Crippen molar-refractivity contribution in [2.75, 3.05) is 7.11 Å². The molecule has 0 aliphatic rings. The van der Waals surface area contributed by atoms with E-state index in [9.17, 15) is 13.2 Å². The van der Waals surface area contributed by atoms with Crippen molar-refractivity contribution < 1.29 is 22.4 Å². The predicted molar refractivity (Wildman–Crippen MR) is 74.2 cm³/mol. The number of sulfonamides is 1. The molecule has 2 aromatic rings. The standard InChI is InChI=1S/C13H16N2O5S/c1-9-12(7-11(15(9)2)13(16)19-3)21(17,18)14-8-10-5-4-6-20-10/h4-7,14H,8H2,1-3H3. The Bertz CT molecular complexity index is 744. The molecule has 0 saturated carbocycles. The van der Waals surface area contributed by atoms with Gasteiger partial charge in [-0.3, -0.25) is 0 Å². The van der Waals surface area contributed by atoms with Gasteiger partial charge in [0.1, 0.15) is 16.3 Å². The highest BCUT2D eigenvalue weighted by molar-refractivity contribution is 7.89. The Balaban J connectivity index is 2.30. The van der Waals surface area contributed by atoms with Crippen molar-refractivity contribution in [3.05, 3.63) is 41.6 Å². The van der Waals surface area contributed by atoms with Gasteiger partial charge in [-0.05, 0) is 25.1 Å². The summed E-state index contributed by atoms with van der Waals surface area (Å²) in [5.74, 6) is -0.0894. The summed E-state index contributed by atoms with van der Waals surface area (Å²) in [6.45, 7) is 1.66. The largest absolute Gasteiger partial charge is 0.468 e. The number of rotatable bonds is 5. The normalized spacial score (nSPS) is 11.6. The third kappa shape index (κ3) is 3.01. The summed E-state index contributed by atoms with van der Waals surface area (Å²) in [6, 6.07) is 4.64. The van der Waals surface area contributed by atoms with Crippen molar-refractivity contribution in [1.82, 2.24) is 9.29 Å². The van der Waals surface area contributed by atoms with Crippen molar-refractivity contribution in [3.63, 3.8) is 0 Å². The molecule has 0 aliphatic heterocycles. The highest BCUT2D eigenvalue weighted by Crippen LogP contribution is 2.20. The van der Waals surface area contributed by atoms with Crippen LogP contribution in [0.15, 0.2) is 33.8 Å². The van der Waals surface area contributed by atoms with Crippen LogP contribution in [-0.4, -0.2) is 26.1 Å². The van der Waals surface area contributed by atoms with Crippen molar-refractivity contribution in [1.29, 1.82) is 0 Å². The number of nitrogens with one attached hydrogen (secondary N) is 1. The van der Waals surface area contributed by atoms with Crippen LogP contribution in [0.2, 0.25) is 0 Å². The van der Waals surface area contributed by atoms with Gasteiger partial charge in [-0.25, -0.2) is 17.9 Å². The second kappa shape index (κ2) is 5.74. The van der Waals surface area contributed by atoms with E-state index in [4.69, 9.17) is 4.42 Å². The molecule has 0 radical (unpaired) electrons. The number of hydrogen-bond acceptors (Lipinski definition) is 5. The maximum atomic E-state index is 12.3. The number of ether oxygens (including phenoxy) is 1. The number of aromatic nitrogens is 1. The molecule has 0 saturated heterocycles. The molecule has 8 heteroatoms. The lowest BCUT2D eigenvalue weighted by molar-refractivity contribution is 0.0589. The highest BCUT2D eigenvalue weighted by atomic mass is 32.2. The van der Waals surface area contributed by atoms with Crippen LogP contribution in [0.5, 0.6) is 0 Å². The van der Waals surface area contributed by atoms with Gasteiger partial charge in [-0.1, -0.05) is 0 Å². The minimum Gasteiger partial charge on any atom is -0.468 e. The average Bonchev–Trinajstić information content (AvgIpc) is 3.06. The lowest BCUT2D eigenvalue weighted by Gasteiger charge is -2.05. The van der Waals surface area contributed by atoms with Gasteiger partial charge in [0.25, 0.3) is 0 Å². The van der Waals surface area contributed by atoms with Gasteiger partial charge in [0.15, 0.2) is 0 Å². The van der Waals surface area contributed by atoms with Gasteiger partial charge in [0.2, 0.25) is 10.0 Å². The van der Waals surface area contributed by atoms with E-state index in [1.165, 1.54) is 24.0 Å². The van der Waals surface area contributed by atoms with Crippen LogP contribution in [0.25, 0.3) is 0 Å². The fourth-order valence-electron chi connectivity index (χ4n) is 1.90. The zero-order chi connectivity index (χ0) is 15.6. The first kappa shape index (κ1) is 15.3. The highest BCUT2D eigenvalue weighted by Gasteiger charge is 2.24. The zero-order valence-corrected chi connectivity index (χ0v) is 12.7. The summed E-state index contributed by atoms with van der Waals surface area (Å²) >= 11 is 0. The minimum atomic E-state index is -3.75. The molecule has 0 aliphatic carbocycles. The monoisotopic (exact) mass is 312 g/mol. The minimum absolute atomic E-state index is 0.0388. The molecule has 0 atom stereocenters. The van der Waals surface area contributed by atoms with Gasteiger partial charge >= 0.3 is 5.97 Å². The van der Waals surface area contributed by atoms with Crippen LogP contribution in [0.4, 0.5) is 0 Å². The first-order chi connectivity index (χ1) is 9.86. The molecule has 114 valence electrons. The molecule has 0 aromatic carbocycles. The number of carbonyl (C=O) groups is 1. The number of furan rings is 1. The Kier molecular flexibility index (Phi) is 4.19. The Labute approximate surface area is 122 Å². The van der Waals surface area contributed by atoms with Crippen LogP contribution in [0.1, 0.15) is 21.9 Å². The number of hydrogen-bond donors (Lipinski definition) is 1. The Hall–Kier alpha value is -2.06. The number of carbonyl (C=O) groups excluding carboxylic acids is 1. The molecule has 0 spiro atoms. The second-order valence-corrected chi connectivity index (χ2v) is 6.17. The third-order valence-corrected chi connectivity index (χ3v) is 4.71. The number of methoxy groups -OCH3 is 1. The van der Waals surface area contributed by atoms with Crippen LogP contribution in [0.3, 0.4) is 0 Å². The van der Waals surface area contributed by atoms with Crippen molar-refractivity contribution in [3.8, 4) is 0 Å². The number of esters is 1. The molecular weight excluding hydrogens is 296 g/mol. The molecule has 7 nitrogen and oxygen atoms in total. The fraction of sp³-hybridized carbons (Fsp3) is 0.308. The molecule has 2 aromatic heterocycles. The van der Waals surface area contributed by atoms with Gasteiger partial charge in [0, 0.05) is 12.7 Å². The van der Waals surface area contributed by atoms with E-state index >= 15 is 0 Å². The maximum Gasteiger partial charge on any atom is 0.354 e. The lowest BCUT2D eigenvalue weighted by atomic mass is 10.4. The second-order valence-electron chi connectivity index (χ2n) is 4.43. The summed E-state index contributed by atoms with van der Waals surface area (Å²) in [4.78, 5) is 11.6. The topological polar surface area (TPSA) is 90.5 Å². The van der Waals surface area contributed by atoms with Crippen molar-refractivity contribution >= 4 is 16.0 Å². The van der Waals surface area contributed by atoms with E-state index in [2.05, 4.69) is 9.46 Å². The van der Waals surface area contributed by atoms with Crippen LogP contribution in [0, 0.1) is 6.92 Å².